The van der Waals surface area contributed by atoms with E-state index in [0.29, 0.717) is 0 Å². The first-order valence-corrected chi connectivity index (χ1v) is 6.16. The van der Waals surface area contributed by atoms with Gasteiger partial charge in [-0.2, -0.15) is 0 Å². The number of nitrogens with one attached hydrogen (secondary N) is 1. The van der Waals surface area contributed by atoms with Crippen molar-refractivity contribution in [3.63, 3.8) is 0 Å². The summed E-state index contributed by atoms with van der Waals surface area (Å²) in [6.07, 6.45) is 2.93. The minimum Gasteiger partial charge on any atom is -0.480 e. The fraction of sp³-hybridized carbons (Fsp3) is 0.500. The third-order valence-electron chi connectivity index (χ3n) is 2.82. The molecule has 2 N–H and O–H groups in total. The Morgan fingerprint density at radius 1 is 1.35 bits per heavy atom. The number of carboxylic acid groups (broad SMARTS) is 1. The van der Waals surface area contributed by atoms with Gasteiger partial charge in [0.1, 0.15) is 6.04 Å². The van der Waals surface area contributed by atoms with E-state index in [1.165, 1.54) is 5.56 Å². The van der Waals surface area contributed by atoms with Crippen LogP contribution >= 0.6 is 0 Å². The van der Waals surface area contributed by atoms with E-state index in [4.69, 9.17) is 5.11 Å². The summed E-state index contributed by atoms with van der Waals surface area (Å²) in [7, 11) is 0. The summed E-state index contributed by atoms with van der Waals surface area (Å²) < 4.78 is 0. The minimum atomic E-state index is -0.792. The summed E-state index contributed by atoms with van der Waals surface area (Å²) in [6, 6.07) is 9.92. The van der Waals surface area contributed by atoms with Crippen molar-refractivity contribution in [2.75, 3.05) is 0 Å². The quantitative estimate of drug-likeness (QED) is 0.763. The van der Waals surface area contributed by atoms with Gasteiger partial charge in [-0.3, -0.25) is 4.79 Å². The number of benzene rings is 1. The molecule has 94 valence electrons. The summed E-state index contributed by atoms with van der Waals surface area (Å²) in [6.45, 7) is 3.81. The van der Waals surface area contributed by atoms with Crippen LogP contribution in [0.4, 0.5) is 0 Å². The maximum absolute atomic E-state index is 10.8. The van der Waals surface area contributed by atoms with Gasteiger partial charge in [-0.15, -0.1) is 0 Å². The third kappa shape index (κ3) is 5.00. The molecule has 0 aliphatic heterocycles. The molecule has 2 atom stereocenters. The van der Waals surface area contributed by atoms with Gasteiger partial charge in [0, 0.05) is 6.04 Å². The maximum Gasteiger partial charge on any atom is 0.320 e. The zero-order valence-corrected chi connectivity index (χ0v) is 10.5. The number of aliphatic carboxylic acids is 1. The number of rotatable bonds is 7. The first kappa shape index (κ1) is 13.7. The van der Waals surface area contributed by atoms with Gasteiger partial charge in [0.25, 0.3) is 0 Å². The molecule has 0 fully saturated rings. The van der Waals surface area contributed by atoms with Gasteiger partial charge < -0.3 is 10.4 Å². The molecular weight excluding hydrogens is 214 g/mol. The van der Waals surface area contributed by atoms with Crippen LogP contribution in [0.3, 0.4) is 0 Å². The number of carboxylic acids is 1. The SMILES string of the molecule is CCCC(Cc1ccccc1)N[C@@H](C)C(=O)O. The number of hydrogen-bond donors (Lipinski definition) is 2. The fourth-order valence-corrected chi connectivity index (χ4v) is 1.92. The van der Waals surface area contributed by atoms with E-state index in [1.807, 2.05) is 18.2 Å². The van der Waals surface area contributed by atoms with Crippen molar-refractivity contribution in [1.29, 1.82) is 0 Å². The highest BCUT2D eigenvalue weighted by atomic mass is 16.4. The molecule has 0 spiro atoms. The fourth-order valence-electron chi connectivity index (χ4n) is 1.92. The lowest BCUT2D eigenvalue weighted by molar-refractivity contribution is -0.139. The standard InChI is InChI=1S/C14H21NO2/c1-3-7-13(15-11(2)14(16)17)10-12-8-5-4-6-9-12/h4-6,8-9,11,13,15H,3,7,10H2,1-2H3,(H,16,17)/t11-,13?/m0/s1. The lowest BCUT2D eigenvalue weighted by atomic mass is 10.0. The first-order chi connectivity index (χ1) is 8.13. The van der Waals surface area contributed by atoms with Crippen LogP contribution in [0, 0.1) is 0 Å². The summed E-state index contributed by atoms with van der Waals surface area (Å²) in [5.74, 6) is -0.792. The van der Waals surface area contributed by atoms with Crippen LogP contribution < -0.4 is 5.32 Å². The molecule has 0 aromatic heterocycles. The van der Waals surface area contributed by atoms with Gasteiger partial charge in [0.05, 0.1) is 0 Å². The molecule has 0 heterocycles. The molecule has 17 heavy (non-hydrogen) atoms. The molecule has 0 saturated carbocycles. The van der Waals surface area contributed by atoms with E-state index >= 15 is 0 Å². The van der Waals surface area contributed by atoms with Crippen molar-refractivity contribution in [1.82, 2.24) is 5.32 Å². The third-order valence-corrected chi connectivity index (χ3v) is 2.82. The number of hydrogen-bond acceptors (Lipinski definition) is 2. The van der Waals surface area contributed by atoms with Crippen LogP contribution in [0.25, 0.3) is 0 Å². The molecule has 0 amide bonds. The highest BCUT2D eigenvalue weighted by Crippen LogP contribution is 2.08. The predicted octanol–water partition coefficient (Wildman–Crippen LogP) is 2.46. The average Bonchev–Trinajstić information content (AvgIpc) is 2.30. The van der Waals surface area contributed by atoms with Crippen molar-refractivity contribution < 1.29 is 9.90 Å². The largest absolute Gasteiger partial charge is 0.480 e. The monoisotopic (exact) mass is 235 g/mol. The van der Waals surface area contributed by atoms with E-state index in [1.54, 1.807) is 6.92 Å². The molecule has 1 rings (SSSR count). The lowest BCUT2D eigenvalue weighted by Gasteiger charge is -2.20. The Morgan fingerprint density at radius 2 is 2.00 bits per heavy atom. The van der Waals surface area contributed by atoms with Crippen molar-refractivity contribution in [2.45, 2.75) is 45.2 Å². The summed E-state index contributed by atoms with van der Waals surface area (Å²) in [5, 5.41) is 12.1. The molecule has 0 bridgehead atoms. The van der Waals surface area contributed by atoms with Crippen LogP contribution in [-0.4, -0.2) is 23.2 Å². The van der Waals surface area contributed by atoms with Crippen LogP contribution in [0.5, 0.6) is 0 Å². The van der Waals surface area contributed by atoms with E-state index in [-0.39, 0.29) is 6.04 Å². The average molecular weight is 235 g/mol. The molecule has 1 aromatic carbocycles. The van der Waals surface area contributed by atoms with Gasteiger partial charge in [0.2, 0.25) is 0 Å². The molecule has 0 aliphatic carbocycles. The first-order valence-electron chi connectivity index (χ1n) is 6.16. The molecule has 1 unspecified atom stereocenters. The highest BCUT2D eigenvalue weighted by Gasteiger charge is 2.16. The highest BCUT2D eigenvalue weighted by molar-refractivity contribution is 5.72. The second kappa shape index (κ2) is 7.07. The summed E-state index contributed by atoms with van der Waals surface area (Å²) in [4.78, 5) is 10.8. The predicted molar refractivity (Wildman–Crippen MR) is 69.1 cm³/mol. The van der Waals surface area contributed by atoms with Gasteiger partial charge >= 0.3 is 5.97 Å². The van der Waals surface area contributed by atoms with Crippen molar-refractivity contribution in [3.05, 3.63) is 35.9 Å². The normalized spacial score (nSPS) is 14.2. The molecule has 3 heteroatoms. The van der Waals surface area contributed by atoms with Crippen LogP contribution in [0.2, 0.25) is 0 Å². The van der Waals surface area contributed by atoms with Crippen LogP contribution in [-0.2, 0) is 11.2 Å². The molecular formula is C14H21NO2. The Morgan fingerprint density at radius 3 is 2.53 bits per heavy atom. The second-order valence-corrected chi connectivity index (χ2v) is 4.40. The maximum atomic E-state index is 10.8. The Balaban J connectivity index is 2.57. The van der Waals surface area contributed by atoms with Crippen LogP contribution in [0.15, 0.2) is 30.3 Å². The molecule has 0 aliphatic rings. The Hall–Kier alpha value is -1.35. The molecule has 0 radical (unpaired) electrons. The number of carbonyl (C=O) groups is 1. The Labute approximate surface area is 103 Å². The molecule has 0 saturated heterocycles. The van der Waals surface area contributed by atoms with E-state index in [2.05, 4.69) is 24.4 Å². The van der Waals surface area contributed by atoms with E-state index in [0.717, 1.165) is 19.3 Å². The lowest BCUT2D eigenvalue weighted by Crippen LogP contribution is -2.42. The van der Waals surface area contributed by atoms with E-state index < -0.39 is 12.0 Å². The van der Waals surface area contributed by atoms with Crippen molar-refractivity contribution in [2.24, 2.45) is 0 Å². The zero-order chi connectivity index (χ0) is 12.7. The van der Waals surface area contributed by atoms with Crippen molar-refractivity contribution >= 4 is 5.97 Å². The Kier molecular flexibility index (Phi) is 5.70. The summed E-state index contributed by atoms with van der Waals surface area (Å²) >= 11 is 0. The van der Waals surface area contributed by atoms with Gasteiger partial charge in [-0.25, -0.2) is 0 Å². The second-order valence-electron chi connectivity index (χ2n) is 4.40. The van der Waals surface area contributed by atoms with Gasteiger partial charge in [-0.1, -0.05) is 43.7 Å². The van der Waals surface area contributed by atoms with Gasteiger partial charge in [-0.05, 0) is 25.3 Å². The molecule has 3 nitrogen and oxygen atoms in total. The smallest absolute Gasteiger partial charge is 0.320 e. The van der Waals surface area contributed by atoms with Crippen LogP contribution in [0.1, 0.15) is 32.3 Å². The topological polar surface area (TPSA) is 49.3 Å². The minimum absolute atomic E-state index is 0.230. The van der Waals surface area contributed by atoms with E-state index in [9.17, 15) is 4.79 Å². The molecule has 1 aromatic rings. The Bertz CT molecular complexity index is 337. The van der Waals surface area contributed by atoms with Crippen molar-refractivity contribution in [3.8, 4) is 0 Å². The van der Waals surface area contributed by atoms with Gasteiger partial charge in [0.15, 0.2) is 0 Å². The summed E-state index contributed by atoms with van der Waals surface area (Å²) in [5.41, 5.74) is 1.25. The zero-order valence-electron chi connectivity index (χ0n) is 10.5.